The summed E-state index contributed by atoms with van der Waals surface area (Å²) in [6.07, 6.45) is 8.78. The van der Waals surface area contributed by atoms with E-state index in [2.05, 4.69) is 19.1 Å². The molecule has 108 valence electrons. The summed E-state index contributed by atoms with van der Waals surface area (Å²) >= 11 is 0. The van der Waals surface area contributed by atoms with Crippen molar-refractivity contribution in [3.63, 3.8) is 0 Å². The molecular formula is C17H28O2. The molecule has 0 aliphatic rings. The van der Waals surface area contributed by atoms with Crippen LogP contribution in [0.2, 0.25) is 0 Å². The molecule has 0 saturated carbocycles. The Hall–Kier alpha value is -1.02. The second-order valence-corrected chi connectivity index (χ2v) is 5.32. The van der Waals surface area contributed by atoms with E-state index in [0.29, 0.717) is 6.61 Å². The van der Waals surface area contributed by atoms with Gasteiger partial charge in [-0.05, 0) is 37.5 Å². The van der Waals surface area contributed by atoms with Crippen LogP contribution in [0.25, 0.3) is 0 Å². The van der Waals surface area contributed by atoms with Gasteiger partial charge in [-0.15, -0.1) is 0 Å². The molecule has 0 aliphatic carbocycles. The predicted octanol–water partition coefficient (Wildman–Crippen LogP) is 4.35. The van der Waals surface area contributed by atoms with Gasteiger partial charge in [-0.25, -0.2) is 0 Å². The Labute approximate surface area is 117 Å². The van der Waals surface area contributed by atoms with Gasteiger partial charge in [0.05, 0.1) is 6.10 Å². The van der Waals surface area contributed by atoms with Gasteiger partial charge in [-0.3, -0.25) is 0 Å². The van der Waals surface area contributed by atoms with E-state index in [-0.39, 0.29) is 0 Å². The van der Waals surface area contributed by atoms with Crippen molar-refractivity contribution >= 4 is 0 Å². The van der Waals surface area contributed by atoms with Gasteiger partial charge < -0.3 is 9.84 Å². The van der Waals surface area contributed by atoms with Crippen molar-refractivity contribution in [1.82, 2.24) is 0 Å². The summed E-state index contributed by atoms with van der Waals surface area (Å²) in [6, 6.07) is 8.25. The third-order valence-corrected chi connectivity index (χ3v) is 3.23. The Morgan fingerprint density at radius 3 is 2.26 bits per heavy atom. The van der Waals surface area contributed by atoms with Crippen LogP contribution in [-0.2, 0) is 6.42 Å². The Morgan fingerprint density at radius 2 is 1.63 bits per heavy atom. The van der Waals surface area contributed by atoms with E-state index in [1.807, 2.05) is 12.1 Å². The minimum atomic E-state index is -0.414. The molecule has 0 radical (unpaired) electrons. The molecule has 1 rings (SSSR count). The van der Waals surface area contributed by atoms with Crippen LogP contribution in [0, 0.1) is 0 Å². The summed E-state index contributed by atoms with van der Waals surface area (Å²) in [5.41, 5.74) is 1.37. The highest BCUT2D eigenvalue weighted by Gasteiger charge is 1.99. The fourth-order valence-corrected chi connectivity index (χ4v) is 2.08. The maximum Gasteiger partial charge on any atom is 0.119 e. The molecule has 0 amide bonds. The van der Waals surface area contributed by atoms with E-state index >= 15 is 0 Å². The molecule has 2 heteroatoms. The van der Waals surface area contributed by atoms with Crippen LogP contribution in [0.15, 0.2) is 24.3 Å². The van der Waals surface area contributed by atoms with Crippen LogP contribution in [0.1, 0.15) is 57.9 Å². The molecule has 0 spiro atoms. The zero-order valence-corrected chi connectivity index (χ0v) is 12.4. The molecule has 1 aromatic carbocycles. The maximum absolute atomic E-state index is 9.15. The highest BCUT2D eigenvalue weighted by molar-refractivity contribution is 5.27. The number of rotatable bonds is 10. The first kappa shape index (κ1) is 16.0. The third kappa shape index (κ3) is 7.89. The van der Waals surface area contributed by atoms with Crippen molar-refractivity contribution in [2.75, 3.05) is 6.61 Å². The number of ether oxygens (including phenoxy) is 1. The smallest absolute Gasteiger partial charge is 0.119 e. The van der Waals surface area contributed by atoms with Crippen molar-refractivity contribution in [2.45, 2.75) is 64.9 Å². The Kier molecular flexibility index (Phi) is 8.31. The lowest BCUT2D eigenvalue weighted by Crippen LogP contribution is -2.12. The van der Waals surface area contributed by atoms with Crippen molar-refractivity contribution in [1.29, 1.82) is 0 Å². The van der Waals surface area contributed by atoms with E-state index < -0.39 is 6.10 Å². The fraction of sp³-hybridized carbons (Fsp3) is 0.647. The molecule has 0 bridgehead atoms. The first-order valence-corrected chi connectivity index (χ1v) is 7.62. The molecule has 0 aromatic heterocycles. The lowest BCUT2D eigenvalue weighted by Gasteiger charge is -2.08. The number of unbranched alkanes of at least 4 members (excludes halogenated alkanes) is 5. The summed E-state index contributed by atoms with van der Waals surface area (Å²) in [6.45, 7) is 4.34. The molecule has 19 heavy (non-hydrogen) atoms. The van der Waals surface area contributed by atoms with Crippen LogP contribution in [-0.4, -0.2) is 17.8 Å². The van der Waals surface area contributed by atoms with E-state index in [1.54, 1.807) is 6.92 Å². The van der Waals surface area contributed by atoms with Crippen molar-refractivity contribution in [2.24, 2.45) is 0 Å². The number of benzene rings is 1. The second kappa shape index (κ2) is 9.85. The summed E-state index contributed by atoms with van der Waals surface area (Å²) in [4.78, 5) is 0. The molecule has 1 unspecified atom stereocenters. The van der Waals surface area contributed by atoms with Crippen LogP contribution in [0.4, 0.5) is 0 Å². The van der Waals surface area contributed by atoms with Gasteiger partial charge >= 0.3 is 0 Å². The molecule has 1 aromatic rings. The average molecular weight is 264 g/mol. The molecule has 0 fully saturated rings. The van der Waals surface area contributed by atoms with Gasteiger partial charge in [0.2, 0.25) is 0 Å². The SMILES string of the molecule is CCCCCCCCc1ccc(OCC(C)O)cc1. The van der Waals surface area contributed by atoms with Gasteiger partial charge in [0, 0.05) is 0 Å². The standard InChI is InChI=1S/C17H28O2/c1-3-4-5-6-7-8-9-16-10-12-17(13-11-16)19-14-15(2)18/h10-13,15,18H,3-9,14H2,1-2H3. The Bertz CT molecular complexity index is 317. The van der Waals surface area contributed by atoms with Gasteiger partial charge in [-0.1, -0.05) is 51.2 Å². The number of aliphatic hydroxyl groups excluding tert-OH is 1. The van der Waals surface area contributed by atoms with Crippen molar-refractivity contribution in [3.8, 4) is 5.75 Å². The molecule has 2 nitrogen and oxygen atoms in total. The number of aliphatic hydroxyl groups is 1. The molecule has 0 heterocycles. The van der Waals surface area contributed by atoms with Crippen LogP contribution in [0.5, 0.6) is 5.75 Å². The number of hydrogen-bond acceptors (Lipinski definition) is 2. The van der Waals surface area contributed by atoms with Crippen LogP contribution in [0.3, 0.4) is 0 Å². The van der Waals surface area contributed by atoms with Gasteiger partial charge in [0.25, 0.3) is 0 Å². The maximum atomic E-state index is 9.15. The largest absolute Gasteiger partial charge is 0.491 e. The van der Waals surface area contributed by atoms with E-state index in [9.17, 15) is 0 Å². The lowest BCUT2D eigenvalue weighted by molar-refractivity contribution is 0.122. The van der Waals surface area contributed by atoms with Crippen molar-refractivity contribution in [3.05, 3.63) is 29.8 Å². The number of hydrogen-bond donors (Lipinski definition) is 1. The topological polar surface area (TPSA) is 29.5 Å². The highest BCUT2D eigenvalue weighted by atomic mass is 16.5. The van der Waals surface area contributed by atoms with E-state index in [4.69, 9.17) is 9.84 Å². The summed E-state index contributed by atoms with van der Waals surface area (Å²) in [7, 11) is 0. The number of aryl methyl sites for hydroxylation is 1. The van der Waals surface area contributed by atoms with Crippen LogP contribution >= 0.6 is 0 Å². The van der Waals surface area contributed by atoms with E-state index in [1.165, 1.54) is 44.1 Å². The molecular weight excluding hydrogens is 236 g/mol. The van der Waals surface area contributed by atoms with Gasteiger partial charge in [-0.2, -0.15) is 0 Å². The second-order valence-electron chi connectivity index (χ2n) is 5.32. The van der Waals surface area contributed by atoms with Crippen molar-refractivity contribution < 1.29 is 9.84 Å². The lowest BCUT2D eigenvalue weighted by atomic mass is 10.0. The quantitative estimate of drug-likeness (QED) is 0.637. The average Bonchev–Trinajstić information content (AvgIpc) is 2.41. The summed E-state index contributed by atoms with van der Waals surface area (Å²) in [5, 5.41) is 9.15. The summed E-state index contributed by atoms with van der Waals surface area (Å²) in [5.74, 6) is 0.840. The minimum Gasteiger partial charge on any atom is -0.491 e. The first-order valence-electron chi connectivity index (χ1n) is 7.62. The molecule has 1 atom stereocenters. The molecule has 0 aliphatic heterocycles. The Balaban J connectivity index is 2.17. The van der Waals surface area contributed by atoms with Gasteiger partial charge in [0.15, 0.2) is 0 Å². The fourth-order valence-electron chi connectivity index (χ4n) is 2.08. The molecule has 1 N–H and O–H groups in total. The summed E-state index contributed by atoms with van der Waals surface area (Å²) < 4.78 is 5.44. The highest BCUT2D eigenvalue weighted by Crippen LogP contribution is 2.15. The molecule has 0 saturated heterocycles. The third-order valence-electron chi connectivity index (χ3n) is 3.23. The Morgan fingerprint density at radius 1 is 1.00 bits per heavy atom. The monoisotopic (exact) mass is 264 g/mol. The van der Waals surface area contributed by atoms with Gasteiger partial charge in [0.1, 0.15) is 12.4 Å². The normalized spacial score (nSPS) is 12.4. The van der Waals surface area contributed by atoms with E-state index in [0.717, 1.165) is 12.2 Å². The predicted molar refractivity (Wildman–Crippen MR) is 80.7 cm³/mol. The zero-order chi connectivity index (χ0) is 13.9. The zero-order valence-electron chi connectivity index (χ0n) is 12.4. The first-order chi connectivity index (χ1) is 9.22. The van der Waals surface area contributed by atoms with Crippen LogP contribution < -0.4 is 4.74 Å². The minimum absolute atomic E-state index is 0.358.